The van der Waals surface area contributed by atoms with E-state index < -0.39 is 0 Å². The largest absolute Gasteiger partial charge is 0.497 e. The number of nitrogens with zero attached hydrogens (tertiary/aromatic N) is 1. The van der Waals surface area contributed by atoms with Crippen LogP contribution in [0.1, 0.15) is 5.56 Å². The normalized spacial score (nSPS) is 9.60. The van der Waals surface area contributed by atoms with Gasteiger partial charge in [-0.05, 0) is 36.4 Å². The summed E-state index contributed by atoms with van der Waals surface area (Å²) in [6.45, 7) is 1.15. The quantitative estimate of drug-likeness (QED) is 0.818. The van der Waals surface area contributed by atoms with Crippen molar-refractivity contribution in [1.29, 1.82) is 5.26 Å². The van der Waals surface area contributed by atoms with Crippen molar-refractivity contribution in [2.45, 2.75) is 0 Å². The SMILES string of the molecule is COc1ccc(OCCNc2ccccc2C#N)cc1. The fourth-order valence-corrected chi connectivity index (χ4v) is 1.76. The monoisotopic (exact) mass is 268 g/mol. The van der Waals surface area contributed by atoms with Crippen molar-refractivity contribution in [2.75, 3.05) is 25.6 Å². The summed E-state index contributed by atoms with van der Waals surface area (Å²) >= 11 is 0. The summed E-state index contributed by atoms with van der Waals surface area (Å²) in [5.41, 5.74) is 1.46. The molecule has 4 heteroatoms. The topological polar surface area (TPSA) is 54.3 Å². The molecule has 0 aromatic heterocycles. The lowest BCUT2D eigenvalue weighted by atomic mass is 10.2. The van der Waals surface area contributed by atoms with Crippen LogP contribution in [0.15, 0.2) is 48.5 Å². The Bertz CT molecular complexity index is 588. The van der Waals surface area contributed by atoms with Crippen LogP contribution in [0, 0.1) is 11.3 Å². The summed E-state index contributed by atoms with van der Waals surface area (Å²) in [5, 5.41) is 12.2. The highest BCUT2D eigenvalue weighted by atomic mass is 16.5. The molecule has 1 N–H and O–H groups in total. The number of para-hydroxylation sites is 1. The molecule has 0 aliphatic carbocycles. The number of anilines is 1. The number of benzene rings is 2. The fraction of sp³-hybridized carbons (Fsp3) is 0.188. The van der Waals surface area contributed by atoms with E-state index in [2.05, 4.69) is 11.4 Å². The second-order valence-corrected chi connectivity index (χ2v) is 4.11. The molecule has 0 saturated heterocycles. The minimum absolute atomic E-state index is 0.520. The molecule has 0 unspecified atom stereocenters. The first-order chi connectivity index (χ1) is 9.83. The minimum Gasteiger partial charge on any atom is -0.497 e. The zero-order chi connectivity index (χ0) is 14.2. The van der Waals surface area contributed by atoms with Gasteiger partial charge < -0.3 is 14.8 Å². The molecule has 4 nitrogen and oxygen atoms in total. The van der Waals surface area contributed by atoms with Crippen LogP contribution in [-0.4, -0.2) is 20.3 Å². The first kappa shape index (κ1) is 13.8. The van der Waals surface area contributed by atoms with Crippen LogP contribution in [0.3, 0.4) is 0 Å². The zero-order valence-corrected chi connectivity index (χ0v) is 11.3. The highest BCUT2D eigenvalue weighted by Crippen LogP contribution is 2.17. The highest BCUT2D eigenvalue weighted by Gasteiger charge is 1.99. The number of nitrogens with one attached hydrogen (secondary N) is 1. The van der Waals surface area contributed by atoms with Crippen LogP contribution >= 0.6 is 0 Å². The van der Waals surface area contributed by atoms with Gasteiger partial charge in [-0.3, -0.25) is 0 Å². The van der Waals surface area contributed by atoms with Gasteiger partial charge in [0, 0.05) is 6.54 Å². The van der Waals surface area contributed by atoms with Gasteiger partial charge in [0.25, 0.3) is 0 Å². The first-order valence-corrected chi connectivity index (χ1v) is 6.33. The van der Waals surface area contributed by atoms with Crippen LogP contribution in [0.2, 0.25) is 0 Å². The Morgan fingerprint density at radius 1 is 1.05 bits per heavy atom. The van der Waals surface area contributed by atoms with E-state index in [1.165, 1.54) is 0 Å². The maximum absolute atomic E-state index is 8.97. The highest BCUT2D eigenvalue weighted by molar-refractivity contribution is 5.57. The fourth-order valence-electron chi connectivity index (χ4n) is 1.76. The summed E-state index contributed by atoms with van der Waals surface area (Å²) in [4.78, 5) is 0. The minimum atomic E-state index is 0.520. The van der Waals surface area contributed by atoms with Crippen molar-refractivity contribution >= 4 is 5.69 Å². The number of nitriles is 1. The molecule has 0 aliphatic rings. The zero-order valence-electron chi connectivity index (χ0n) is 11.3. The molecule has 0 aliphatic heterocycles. The van der Waals surface area contributed by atoms with Gasteiger partial charge in [0.1, 0.15) is 24.2 Å². The molecule has 0 saturated carbocycles. The lowest BCUT2D eigenvalue weighted by Crippen LogP contribution is -2.12. The van der Waals surface area contributed by atoms with Gasteiger partial charge in [0.05, 0.1) is 18.4 Å². The van der Waals surface area contributed by atoms with Gasteiger partial charge in [0.15, 0.2) is 0 Å². The lowest BCUT2D eigenvalue weighted by Gasteiger charge is -2.10. The number of ether oxygens (including phenoxy) is 2. The van der Waals surface area contributed by atoms with Crippen LogP contribution in [0.25, 0.3) is 0 Å². The van der Waals surface area contributed by atoms with E-state index in [1.54, 1.807) is 13.2 Å². The Balaban J connectivity index is 1.80. The predicted octanol–water partition coefficient (Wildman–Crippen LogP) is 3.06. The van der Waals surface area contributed by atoms with Gasteiger partial charge in [-0.15, -0.1) is 0 Å². The molecule has 102 valence electrons. The Morgan fingerprint density at radius 2 is 1.75 bits per heavy atom. The van der Waals surface area contributed by atoms with Gasteiger partial charge in [-0.1, -0.05) is 12.1 Å². The summed E-state index contributed by atoms with van der Waals surface area (Å²) in [6, 6.07) is 17.0. The van der Waals surface area contributed by atoms with E-state index in [-0.39, 0.29) is 0 Å². The summed E-state index contributed by atoms with van der Waals surface area (Å²) < 4.78 is 10.7. The number of methoxy groups -OCH3 is 1. The molecule has 2 aromatic rings. The molecule has 0 fully saturated rings. The number of rotatable bonds is 6. The molecule has 0 heterocycles. The van der Waals surface area contributed by atoms with E-state index >= 15 is 0 Å². The standard InChI is InChI=1S/C16H16N2O2/c1-19-14-6-8-15(9-7-14)20-11-10-18-16-5-3-2-4-13(16)12-17/h2-9,18H,10-11H2,1H3. The average Bonchev–Trinajstić information content (AvgIpc) is 2.52. The van der Waals surface area contributed by atoms with Crippen molar-refractivity contribution in [3.05, 3.63) is 54.1 Å². The Labute approximate surface area is 118 Å². The number of hydrogen-bond donors (Lipinski definition) is 1. The molecule has 0 atom stereocenters. The van der Waals surface area contributed by atoms with Crippen molar-refractivity contribution < 1.29 is 9.47 Å². The number of hydrogen-bond acceptors (Lipinski definition) is 4. The molecule has 2 rings (SSSR count). The molecule has 0 amide bonds. The van der Waals surface area contributed by atoms with Gasteiger partial charge in [0.2, 0.25) is 0 Å². The third-order valence-corrected chi connectivity index (χ3v) is 2.79. The maximum Gasteiger partial charge on any atom is 0.119 e. The molecule has 0 radical (unpaired) electrons. The van der Waals surface area contributed by atoms with E-state index in [1.807, 2.05) is 42.5 Å². The summed E-state index contributed by atoms with van der Waals surface area (Å²) in [6.07, 6.45) is 0. The Hall–Kier alpha value is -2.67. The molecule has 20 heavy (non-hydrogen) atoms. The third kappa shape index (κ3) is 3.66. The molecular weight excluding hydrogens is 252 g/mol. The van der Waals surface area contributed by atoms with E-state index in [4.69, 9.17) is 14.7 Å². The van der Waals surface area contributed by atoms with E-state index in [0.717, 1.165) is 17.2 Å². The van der Waals surface area contributed by atoms with Crippen molar-refractivity contribution in [3.8, 4) is 17.6 Å². The summed E-state index contributed by atoms with van der Waals surface area (Å²) in [7, 11) is 1.63. The second-order valence-electron chi connectivity index (χ2n) is 4.11. The molecule has 0 bridgehead atoms. The Morgan fingerprint density at radius 3 is 2.45 bits per heavy atom. The molecule has 0 spiro atoms. The van der Waals surface area contributed by atoms with Crippen LogP contribution < -0.4 is 14.8 Å². The molecule has 2 aromatic carbocycles. The van der Waals surface area contributed by atoms with Crippen molar-refractivity contribution in [1.82, 2.24) is 0 Å². The van der Waals surface area contributed by atoms with Crippen LogP contribution in [-0.2, 0) is 0 Å². The first-order valence-electron chi connectivity index (χ1n) is 6.33. The van der Waals surface area contributed by atoms with E-state index in [0.29, 0.717) is 18.7 Å². The average molecular weight is 268 g/mol. The van der Waals surface area contributed by atoms with Crippen molar-refractivity contribution in [3.63, 3.8) is 0 Å². The predicted molar refractivity (Wildman–Crippen MR) is 78.1 cm³/mol. The summed E-state index contributed by atoms with van der Waals surface area (Å²) in [5.74, 6) is 1.60. The second kappa shape index (κ2) is 7.05. The van der Waals surface area contributed by atoms with Gasteiger partial charge in [-0.25, -0.2) is 0 Å². The Kier molecular flexibility index (Phi) is 4.85. The van der Waals surface area contributed by atoms with Crippen LogP contribution in [0.4, 0.5) is 5.69 Å². The van der Waals surface area contributed by atoms with Gasteiger partial charge in [-0.2, -0.15) is 5.26 Å². The molecular formula is C16H16N2O2. The van der Waals surface area contributed by atoms with E-state index in [9.17, 15) is 0 Å². The third-order valence-electron chi connectivity index (χ3n) is 2.79. The van der Waals surface area contributed by atoms with Crippen molar-refractivity contribution in [2.24, 2.45) is 0 Å². The maximum atomic E-state index is 8.97. The smallest absolute Gasteiger partial charge is 0.119 e. The lowest BCUT2D eigenvalue weighted by molar-refractivity contribution is 0.332. The van der Waals surface area contributed by atoms with Crippen LogP contribution in [0.5, 0.6) is 11.5 Å². The van der Waals surface area contributed by atoms with Gasteiger partial charge >= 0.3 is 0 Å².